The fraction of sp³-hybridized carbons (Fsp3) is 0.882. The molecule has 132 valence electrons. The van der Waals surface area contributed by atoms with E-state index in [-0.39, 0.29) is 36.4 Å². The minimum Gasteiger partial charge on any atom is -0.462 e. The summed E-state index contributed by atoms with van der Waals surface area (Å²) >= 11 is 0. The minimum atomic E-state index is -1.18. The maximum atomic E-state index is 12.3. The minimum absolute atomic E-state index is 0.0606. The lowest BCUT2D eigenvalue weighted by atomic mass is 9.73. The van der Waals surface area contributed by atoms with Gasteiger partial charge in [0.1, 0.15) is 35.6 Å². The van der Waals surface area contributed by atoms with Crippen LogP contribution in [0.15, 0.2) is 0 Å². The lowest BCUT2D eigenvalue weighted by Crippen LogP contribution is -2.53. The number of fused-ring (bicyclic) bond motifs is 5. The SMILES string of the molecule is CC(=O)O[C@H]1C[C@@](C)(O)[C@@]23O[C@@H]2[C@@H]2O[C@]2(C)[C@@H]3[C@H]2OC(=O)[C@@H](C)[C@@H]21. The molecular weight excluding hydrogens is 316 g/mol. The zero-order chi connectivity index (χ0) is 17.2. The normalized spacial score (nSPS) is 62.5. The van der Waals surface area contributed by atoms with E-state index in [1.54, 1.807) is 13.8 Å². The van der Waals surface area contributed by atoms with E-state index in [4.69, 9.17) is 18.9 Å². The van der Waals surface area contributed by atoms with Crippen LogP contribution in [0.5, 0.6) is 0 Å². The smallest absolute Gasteiger partial charge is 0.309 e. The van der Waals surface area contributed by atoms with E-state index in [0.717, 1.165) is 0 Å². The fourth-order valence-corrected chi connectivity index (χ4v) is 5.94. The van der Waals surface area contributed by atoms with Crippen molar-refractivity contribution >= 4 is 11.9 Å². The molecular formula is C17H22O7. The van der Waals surface area contributed by atoms with E-state index in [1.165, 1.54) is 6.92 Å². The first-order chi connectivity index (χ1) is 11.1. The summed E-state index contributed by atoms with van der Waals surface area (Å²) in [6.07, 6.45) is -1.09. The van der Waals surface area contributed by atoms with Gasteiger partial charge in [-0.1, -0.05) is 6.92 Å². The van der Waals surface area contributed by atoms with Crippen molar-refractivity contribution in [1.82, 2.24) is 0 Å². The Morgan fingerprint density at radius 3 is 2.67 bits per heavy atom. The molecule has 0 aromatic heterocycles. The zero-order valence-corrected chi connectivity index (χ0v) is 14.1. The van der Waals surface area contributed by atoms with Crippen LogP contribution in [0, 0.1) is 17.8 Å². The predicted octanol–water partition coefficient (Wildman–Crippen LogP) is 0.175. The molecule has 3 heterocycles. The van der Waals surface area contributed by atoms with Gasteiger partial charge in [0, 0.05) is 19.3 Å². The quantitative estimate of drug-likeness (QED) is 0.538. The number of carbonyl (C=O) groups excluding carboxylic acids is 2. The number of ether oxygens (including phenoxy) is 4. The fourth-order valence-electron chi connectivity index (χ4n) is 5.94. The largest absolute Gasteiger partial charge is 0.462 e. The van der Waals surface area contributed by atoms with E-state index in [1.807, 2.05) is 6.92 Å². The summed E-state index contributed by atoms with van der Waals surface area (Å²) in [7, 11) is 0. The average molecular weight is 338 g/mol. The van der Waals surface area contributed by atoms with Gasteiger partial charge in [0.05, 0.1) is 17.4 Å². The number of esters is 2. The zero-order valence-electron chi connectivity index (χ0n) is 14.1. The Balaban J connectivity index is 1.64. The second-order valence-electron chi connectivity index (χ2n) is 8.42. The molecule has 0 bridgehead atoms. The lowest BCUT2D eigenvalue weighted by Gasteiger charge is -2.36. The number of aliphatic hydroxyl groups is 1. The number of carbonyl (C=O) groups is 2. The first kappa shape index (κ1) is 15.1. The van der Waals surface area contributed by atoms with Gasteiger partial charge in [-0.2, -0.15) is 0 Å². The third kappa shape index (κ3) is 1.46. The Labute approximate surface area is 139 Å². The summed E-state index contributed by atoms with van der Waals surface area (Å²) < 4.78 is 23.1. The van der Waals surface area contributed by atoms with Crippen molar-refractivity contribution in [2.24, 2.45) is 17.8 Å². The summed E-state index contributed by atoms with van der Waals surface area (Å²) in [5, 5.41) is 11.3. The van der Waals surface area contributed by atoms with Crippen LogP contribution >= 0.6 is 0 Å². The van der Waals surface area contributed by atoms with Gasteiger partial charge in [0.25, 0.3) is 0 Å². The molecule has 7 nitrogen and oxygen atoms in total. The molecule has 0 amide bonds. The van der Waals surface area contributed by atoms with Crippen molar-refractivity contribution in [1.29, 1.82) is 0 Å². The van der Waals surface area contributed by atoms with Gasteiger partial charge in [-0.25, -0.2) is 0 Å². The number of rotatable bonds is 1. The molecule has 2 saturated carbocycles. The van der Waals surface area contributed by atoms with Crippen molar-refractivity contribution in [3.63, 3.8) is 0 Å². The maximum absolute atomic E-state index is 12.3. The molecule has 3 saturated heterocycles. The molecule has 5 fully saturated rings. The van der Waals surface area contributed by atoms with E-state index >= 15 is 0 Å². The van der Waals surface area contributed by atoms with E-state index in [2.05, 4.69) is 0 Å². The molecule has 2 aliphatic carbocycles. The van der Waals surface area contributed by atoms with Crippen LogP contribution < -0.4 is 0 Å². The van der Waals surface area contributed by atoms with Crippen LogP contribution in [0.1, 0.15) is 34.1 Å². The number of epoxide rings is 2. The van der Waals surface area contributed by atoms with Crippen molar-refractivity contribution in [2.45, 2.75) is 75.3 Å². The Bertz CT molecular complexity index is 659. The van der Waals surface area contributed by atoms with E-state index in [0.29, 0.717) is 0 Å². The molecule has 7 heteroatoms. The van der Waals surface area contributed by atoms with E-state index in [9.17, 15) is 14.7 Å². The highest BCUT2D eigenvalue weighted by atomic mass is 16.7. The highest BCUT2D eigenvalue weighted by molar-refractivity contribution is 5.75. The van der Waals surface area contributed by atoms with Crippen LogP contribution in [-0.4, -0.2) is 58.3 Å². The molecule has 1 N–H and O–H groups in total. The number of hydrogen-bond acceptors (Lipinski definition) is 7. The standard InChI is InChI=1S/C17H22O7/c1-6-9-8(21-7(2)18)5-15(3,20)17-11(10(9)22-14(6)19)16(4)12(23-16)13(17)24-17/h6,8-13,20H,5H2,1-4H3/t6-,8-,9+,10-,11-,12-,13+,15+,16+,17-/m0/s1. The summed E-state index contributed by atoms with van der Waals surface area (Å²) in [5.41, 5.74) is -2.42. The molecule has 0 unspecified atom stereocenters. The van der Waals surface area contributed by atoms with Crippen molar-refractivity contribution < 1.29 is 33.6 Å². The third-order valence-corrected chi connectivity index (χ3v) is 7.03. The predicted molar refractivity (Wildman–Crippen MR) is 77.7 cm³/mol. The maximum Gasteiger partial charge on any atom is 0.309 e. The molecule has 5 aliphatic rings. The molecule has 0 aromatic rings. The molecule has 1 spiro atoms. The summed E-state index contributed by atoms with van der Waals surface area (Å²) in [5.74, 6) is -1.67. The van der Waals surface area contributed by atoms with Gasteiger partial charge in [-0.3, -0.25) is 9.59 Å². The van der Waals surface area contributed by atoms with Crippen LogP contribution in [-0.2, 0) is 28.5 Å². The van der Waals surface area contributed by atoms with Crippen LogP contribution in [0.3, 0.4) is 0 Å². The Morgan fingerprint density at radius 1 is 1.29 bits per heavy atom. The Morgan fingerprint density at radius 2 is 2.00 bits per heavy atom. The van der Waals surface area contributed by atoms with Crippen molar-refractivity contribution in [3.05, 3.63) is 0 Å². The topological polar surface area (TPSA) is 97.9 Å². The molecule has 24 heavy (non-hydrogen) atoms. The van der Waals surface area contributed by atoms with Crippen LogP contribution in [0.4, 0.5) is 0 Å². The third-order valence-electron chi connectivity index (χ3n) is 7.03. The Kier molecular flexibility index (Phi) is 2.50. The van der Waals surface area contributed by atoms with Gasteiger partial charge in [-0.05, 0) is 13.8 Å². The van der Waals surface area contributed by atoms with Crippen molar-refractivity contribution in [3.8, 4) is 0 Å². The highest BCUT2D eigenvalue weighted by Crippen LogP contribution is 2.75. The lowest BCUT2D eigenvalue weighted by molar-refractivity contribution is -0.155. The van der Waals surface area contributed by atoms with Crippen LogP contribution in [0.2, 0.25) is 0 Å². The van der Waals surface area contributed by atoms with Gasteiger partial charge in [0.15, 0.2) is 0 Å². The first-order valence-electron chi connectivity index (χ1n) is 8.59. The molecule has 0 radical (unpaired) electrons. The average Bonchev–Trinajstić information content (AvgIpc) is 3.29. The van der Waals surface area contributed by atoms with E-state index < -0.39 is 40.9 Å². The second kappa shape index (κ2) is 3.97. The Hall–Kier alpha value is -1.18. The summed E-state index contributed by atoms with van der Waals surface area (Å²) in [6, 6.07) is 0. The van der Waals surface area contributed by atoms with Gasteiger partial charge >= 0.3 is 11.9 Å². The highest BCUT2D eigenvalue weighted by Gasteiger charge is 2.93. The molecule has 10 atom stereocenters. The summed E-state index contributed by atoms with van der Waals surface area (Å²) in [6.45, 7) is 6.87. The van der Waals surface area contributed by atoms with Gasteiger partial charge in [0.2, 0.25) is 0 Å². The monoisotopic (exact) mass is 338 g/mol. The first-order valence-corrected chi connectivity index (χ1v) is 8.59. The molecule has 5 rings (SSSR count). The molecule has 3 aliphatic heterocycles. The van der Waals surface area contributed by atoms with Crippen LogP contribution in [0.25, 0.3) is 0 Å². The van der Waals surface area contributed by atoms with Gasteiger partial charge in [-0.15, -0.1) is 0 Å². The van der Waals surface area contributed by atoms with Gasteiger partial charge < -0.3 is 24.1 Å². The second-order valence-corrected chi connectivity index (χ2v) is 8.42. The molecule has 0 aromatic carbocycles. The van der Waals surface area contributed by atoms with Crippen molar-refractivity contribution in [2.75, 3.05) is 0 Å². The summed E-state index contributed by atoms with van der Waals surface area (Å²) in [4.78, 5) is 23.9. The number of hydrogen-bond donors (Lipinski definition) is 1.